The zero-order valence-corrected chi connectivity index (χ0v) is 15.6. The molecule has 2 heterocycles. The van der Waals surface area contributed by atoms with Crippen LogP contribution in [0.15, 0.2) is 40.9 Å². The molecule has 0 radical (unpaired) electrons. The highest BCUT2D eigenvalue weighted by Crippen LogP contribution is 2.29. The second-order valence-corrected chi connectivity index (χ2v) is 6.17. The minimum atomic E-state index is -0.790. The lowest BCUT2D eigenvalue weighted by Crippen LogP contribution is -2.22. The Bertz CT molecular complexity index is 1070. The van der Waals surface area contributed by atoms with E-state index in [0.717, 1.165) is 16.9 Å². The number of nitrogens with one attached hydrogen (secondary N) is 1. The number of esters is 1. The van der Waals surface area contributed by atoms with Gasteiger partial charge in [0.2, 0.25) is 5.76 Å². The van der Waals surface area contributed by atoms with Crippen molar-refractivity contribution in [3.05, 3.63) is 64.7 Å². The summed E-state index contributed by atoms with van der Waals surface area (Å²) in [6, 6.07) is 12.9. The van der Waals surface area contributed by atoms with Crippen LogP contribution in [0.3, 0.4) is 0 Å². The number of rotatable bonds is 5. The van der Waals surface area contributed by atoms with E-state index in [-0.39, 0.29) is 5.76 Å². The van der Waals surface area contributed by atoms with Crippen LogP contribution < -0.4 is 5.32 Å². The molecule has 0 unspecified atom stereocenters. The number of ether oxygens (including phenoxy) is 1. The van der Waals surface area contributed by atoms with Gasteiger partial charge in [0, 0.05) is 17.4 Å². The lowest BCUT2D eigenvalue weighted by Gasteiger charge is -2.13. The van der Waals surface area contributed by atoms with E-state index in [9.17, 15) is 14.9 Å². The Morgan fingerprint density at radius 1 is 1.25 bits per heavy atom. The van der Waals surface area contributed by atoms with Crippen LogP contribution in [0.25, 0.3) is 5.69 Å². The van der Waals surface area contributed by atoms with Crippen molar-refractivity contribution >= 4 is 17.7 Å². The second kappa shape index (κ2) is 7.80. The second-order valence-electron chi connectivity index (χ2n) is 6.17. The molecule has 1 amide bonds. The number of hydrogen-bond donors (Lipinski definition) is 1. The molecule has 28 heavy (non-hydrogen) atoms. The molecular formula is C20H18N4O4. The first-order valence-electron chi connectivity index (χ1n) is 8.50. The number of nitriles is 1. The summed E-state index contributed by atoms with van der Waals surface area (Å²) in [6.07, 6.45) is 0. The van der Waals surface area contributed by atoms with Crippen LogP contribution in [0, 0.1) is 32.1 Å². The SMILES string of the molecule is Cc1cc(C(=O)OCC(=O)Nc2c(C#N)c(C)c(C)n2-c2ccccc2)on1. The number of amides is 1. The largest absolute Gasteiger partial charge is 0.450 e. The zero-order chi connectivity index (χ0) is 20.3. The maximum Gasteiger partial charge on any atom is 0.377 e. The smallest absolute Gasteiger partial charge is 0.377 e. The number of carbonyl (C=O) groups is 2. The quantitative estimate of drug-likeness (QED) is 0.683. The van der Waals surface area contributed by atoms with Crippen LogP contribution >= 0.6 is 0 Å². The van der Waals surface area contributed by atoms with E-state index < -0.39 is 18.5 Å². The summed E-state index contributed by atoms with van der Waals surface area (Å²) in [5.41, 5.74) is 3.27. The predicted octanol–water partition coefficient (Wildman–Crippen LogP) is 3.06. The van der Waals surface area contributed by atoms with Gasteiger partial charge in [0.1, 0.15) is 11.9 Å². The molecule has 3 aromatic rings. The fourth-order valence-electron chi connectivity index (χ4n) is 2.79. The van der Waals surface area contributed by atoms with Gasteiger partial charge in [-0.25, -0.2) is 4.79 Å². The molecule has 142 valence electrons. The van der Waals surface area contributed by atoms with Gasteiger partial charge >= 0.3 is 5.97 Å². The van der Waals surface area contributed by atoms with Gasteiger partial charge in [-0.1, -0.05) is 23.4 Å². The third kappa shape index (κ3) is 3.64. The third-order valence-electron chi connectivity index (χ3n) is 4.26. The highest BCUT2D eigenvalue weighted by molar-refractivity contribution is 5.95. The van der Waals surface area contributed by atoms with Crippen LogP contribution in [0.5, 0.6) is 0 Å². The van der Waals surface area contributed by atoms with E-state index in [4.69, 9.17) is 9.26 Å². The molecule has 8 nitrogen and oxygen atoms in total. The normalized spacial score (nSPS) is 10.4. The third-order valence-corrected chi connectivity index (χ3v) is 4.26. The van der Waals surface area contributed by atoms with E-state index in [0.29, 0.717) is 17.1 Å². The molecule has 1 N–H and O–H groups in total. The lowest BCUT2D eigenvalue weighted by molar-refractivity contribution is -0.119. The molecule has 0 saturated carbocycles. The number of nitrogens with zero attached hydrogens (tertiary/aromatic N) is 3. The summed E-state index contributed by atoms with van der Waals surface area (Å²) in [7, 11) is 0. The molecule has 0 aliphatic carbocycles. The standard InChI is InChI=1S/C20H18N4O4/c1-12-9-17(28-23-12)20(26)27-11-18(25)22-19-16(10-21)13(2)14(3)24(19)15-7-5-4-6-8-15/h4-9H,11H2,1-3H3,(H,22,25). The molecule has 0 spiro atoms. The molecular weight excluding hydrogens is 360 g/mol. The Kier molecular flexibility index (Phi) is 5.27. The van der Waals surface area contributed by atoms with Crippen molar-refractivity contribution in [1.82, 2.24) is 9.72 Å². The van der Waals surface area contributed by atoms with E-state index in [1.807, 2.05) is 44.2 Å². The van der Waals surface area contributed by atoms with Gasteiger partial charge < -0.3 is 14.6 Å². The molecule has 1 aromatic carbocycles. The Morgan fingerprint density at radius 3 is 2.57 bits per heavy atom. The first kappa shape index (κ1) is 18.9. The molecule has 0 aliphatic heterocycles. The van der Waals surface area contributed by atoms with Crippen molar-refractivity contribution in [2.75, 3.05) is 11.9 Å². The van der Waals surface area contributed by atoms with Crippen LogP contribution in [-0.2, 0) is 9.53 Å². The fraction of sp³-hybridized carbons (Fsp3) is 0.200. The molecule has 8 heteroatoms. The van der Waals surface area contributed by atoms with Crippen molar-refractivity contribution < 1.29 is 18.8 Å². The van der Waals surface area contributed by atoms with Crippen molar-refractivity contribution in [3.8, 4) is 11.8 Å². The zero-order valence-electron chi connectivity index (χ0n) is 15.6. The van der Waals surface area contributed by atoms with E-state index in [1.54, 1.807) is 11.5 Å². The van der Waals surface area contributed by atoms with Gasteiger partial charge in [-0.3, -0.25) is 9.36 Å². The lowest BCUT2D eigenvalue weighted by atomic mass is 10.2. The summed E-state index contributed by atoms with van der Waals surface area (Å²) >= 11 is 0. The van der Waals surface area contributed by atoms with E-state index in [2.05, 4.69) is 16.5 Å². The fourth-order valence-corrected chi connectivity index (χ4v) is 2.79. The summed E-state index contributed by atoms with van der Waals surface area (Å²) in [5.74, 6) is -1.11. The topological polar surface area (TPSA) is 110 Å². The average Bonchev–Trinajstić information content (AvgIpc) is 3.22. The Morgan fingerprint density at radius 2 is 1.96 bits per heavy atom. The summed E-state index contributed by atoms with van der Waals surface area (Å²) in [4.78, 5) is 24.3. The van der Waals surface area contributed by atoms with Crippen LogP contribution in [0.4, 0.5) is 5.82 Å². The predicted molar refractivity (Wildman–Crippen MR) is 100 cm³/mol. The Balaban J connectivity index is 1.81. The highest BCUT2D eigenvalue weighted by Gasteiger charge is 2.21. The van der Waals surface area contributed by atoms with Gasteiger partial charge in [-0.05, 0) is 38.5 Å². The van der Waals surface area contributed by atoms with Gasteiger partial charge in [-0.2, -0.15) is 5.26 Å². The van der Waals surface area contributed by atoms with Crippen molar-refractivity contribution in [2.24, 2.45) is 0 Å². The van der Waals surface area contributed by atoms with Crippen molar-refractivity contribution in [2.45, 2.75) is 20.8 Å². The summed E-state index contributed by atoms with van der Waals surface area (Å²) < 4.78 is 11.5. The Hall–Kier alpha value is -3.86. The molecule has 0 aliphatic rings. The van der Waals surface area contributed by atoms with Gasteiger partial charge in [-0.15, -0.1) is 0 Å². The maximum absolute atomic E-state index is 12.4. The number of anilines is 1. The van der Waals surface area contributed by atoms with E-state index in [1.165, 1.54) is 6.07 Å². The molecule has 3 rings (SSSR count). The molecule has 0 atom stereocenters. The average molecular weight is 378 g/mol. The number of para-hydroxylation sites is 1. The van der Waals surface area contributed by atoms with Crippen LogP contribution in [0.2, 0.25) is 0 Å². The summed E-state index contributed by atoms with van der Waals surface area (Å²) in [6.45, 7) is 4.82. The Labute approximate surface area is 161 Å². The number of aryl methyl sites for hydroxylation is 1. The number of benzene rings is 1. The van der Waals surface area contributed by atoms with E-state index >= 15 is 0 Å². The molecule has 2 aromatic heterocycles. The minimum absolute atomic E-state index is 0.0811. The first-order valence-corrected chi connectivity index (χ1v) is 8.50. The van der Waals surface area contributed by atoms with Gasteiger partial charge in [0.25, 0.3) is 5.91 Å². The van der Waals surface area contributed by atoms with Crippen LogP contribution in [-0.4, -0.2) is 28.2 Å². The maximum atomic E-state index is 12.4. The summed E-state index contributed by atoms with van der Waals surface area (Å²) in [5, 5.41) is 15.8. The van der Waals surface area contributed by atoms with Crippen LogP contribution in [0.1, 0.15) is 33.1 Å². The number of carbonyl (C=O) groups excluding carboxylic acids is 2. The highest BCUT2D eigenvalue weighted by atomic mass is 16.6. The van der Waals surface area contributed by atoms with Gasteiger partial charge in [0.05, 0.1) is 11.3 Å². The van der Waals surface area contributed by atoms with Gasteiger partial charge in [0.15, 0.2) is 6.61 Å². The van der Waals surface area contributed by atoms with Crippen molar-refractivity contribution in [1.29, 1.82) is 5.26 Å². The van der Waals surface area contributed by atoms with Crippen molar-refractivity contribution in [3.63, 3.8) is 0 Å². The monoisotopic (exact) mass is 378 g/mol. The number of hydrogen-bond acceptors (Lipinski definition) is 6. The number of aromatic nitrogens is 2. The molecule has 0 fully saturated rings. The minimum Gasteiger partial charge on any atom is -0.450 e. The molecule has 0 saturated heterocycles. The molecule has 0 bridgehead atoms. The first-order chi connectivity index (χ1) is 13.4.